The van der Waals surface area contributed by atoms with E-state index in [0.717, 1.165) is 64.5 Å². The molecule has 0 saturated carbocycles. The van der Waals surface area contributed by atoms with Gasteiger partial charge >= 0.3 is 0 Å². The van der Waals surface area contributed by atoms with Crippen LogP contribution in [0.3, 0.4) is 0 Å². The second-order valence-corrected chi connectivity index (χ2v) is 21.6. The second kappa shape index (κ2) is 28.8. The van der Waals surface area contributed by atoms with Crippen molar-refractivity contribution in [3.63, 3.8) is 0 Å². The molecule has 4 heterocycles. The number of carbonyl (C=O) groups excluding carboxylic acids is 5. The lowest BCUT2D eigenvalue weighted by Gasteiger charge is -2.37. The van der Waals surface area contributed by atoms with Crippen molar-refractivity contribution in [2.45, 2.75) is 124 Å². The number of aryl methyl sites for hydroxylation is 1. The van der Waals surface area contributed by atoms with Gasteiger partial charge in [0.15, 0.2) is 0 Å². The summed E-state index contributed by atoms with van der Waals surface area (Å²) >= 11 is 0. The third kappa shape index (κ3) is 16.4. The standard InChI is InChI=1S/C44H62N6O6.C15H22N2O3/c1-11-17-45-37(30(5)55-10)25-40-36(26-44(6,7)27-56-28-51)35-24-32(15-16-39(35)49(40)12-2)33-20-31(21-34(52)23-33)22-38(43(54)50-19-14-13-18-46-50)47-42(53)41(29(3)4)48(8)9;1-12-10-20-11-13(2)17(12)6-3-4-15(19)16-7-5-14(8-16)9-18/h11,15-17,20-21,23-25,28-30,38,41,46,52H,1,12-14,18-19,22,26-27H2,2-10H3,(H,47,53);9,12-14H,5-8,10-11H2,1-2H3/b37-25+,45-17?;/t;12-,13?,14?/m.0/s1. The van der Waals surface area contributed by atoms with Gasteiger partial charge in [-0.2, -0.15) is 0 Å². The molecule has 414 valence electrons. The highest BCUT2D eigenvalue weighted by molar-refractivity contribution is 5.94. The molecule has 2 aromatic carbocycles. The minimum Gasteiger partial charge on any atom is -0.508 e. The Balaban J connectivity index is 0.000000443. The minimum absolute atomic E-state index is 0.0139. The summed E-state index contributed by atoms with van der Waals surface area (Å²) in [6, 6.07) is 11.0. The molecule has 3 N–H and O–H groups in total. The number of aromatic nitrogens is 1. The third-order valence-corrected chi connectivity index (χ3v) is 14.3. The van der Waals surface area contributed by atoms with E-state index in [0.29, 0.717) is 83.0 Å². The summed E-state index contributed by atoms with van der Waals surface area (Å²) in [6.45, 7) is 26.0. The molecule has 3 fully saturated rings. The Morgan fingerprint density at radius 1 is 1.05 bits per heavy atom. The molecule has 3 aliphatic heterocycles. The van der Waals surface area contributed by atoms with Crippen LogP contribution in [0.25, 0.3) is 28.1 Å². The van der Waals surface area contributed by atoms with E-state index in [9.17, 15) is 29.1 Å². The smallest absolute Gasteiger partial charge is 0.298 e. The number of hydrogen-bond acceptors (Lipinski definition) is 13. The summed E-state index contributed by atoms with van der Waals surface area (Å²) < 4.78 is 18.7. The van der Waals surface area contributed by atoms with E-state index in [2.05, 4.69) is 96.4 Å². The summed E-state index contributed by atoms with van der Waals surface area (Å²) in [5.74, 6) is 5.14. The van der Waals surface area contributed by atoms with Gasteiger partial charge < -0.3 is 38.9 Å². The topological polar surface area (TPSA) is 188 Å². The van der Waals surface area contributed by atoms with E-state index in [1.807, 2.05) is 51.9 Å². The van der Waals surface area contributed by atoms with Crippen LogP contribution >= 0.6 is 0 Å². The maximum Gasteiger partial charge on any atom is 0.298 e. The Bertz CT molecular complexity index is 2590. The first kappa shape index (κ1) is 60.7. The van der Waals surface area contributed by atoms with Crippen LogP contribution in [0.5, 0.6) is 5.75 Å². The molecule has 5 unspecified atom stereocenters. The van der Waals surface area contributed by atoms with Gasteiger partial charge in [-0.15, -0.1) is 0 Å². The quantitative estimate of drug-likeness (QED) is 0.0616. The number of methoxy groups -OCH3 is 1. The van der Waals surface area contributed by atoms with Gasteiger partial charge in [0, 0.05) is 92.5 Å². The number of aldehydes is 1. The maximum absolute atomic E-state index is 14.0. The Morgan fingerprint density at radius 3 is 2.39 bits per heavy atom. The fourth-order valence-electron chi connectivity index (χ4n) is 10.3. The number of nitrogens with one attached hydrogen (secondary N) is 2. The monoisotopic (exact) mass is 1050 g/mol. The van der Waals surface area contributed by atoms with Crippen LogP contribution < -0.4 is 10.7 Å². The van der Waals surface area contributed by atoms with Gasteiger partial charge in [-0.05, 0) is 132 Å². The number of hydrazine groups is 1. The Labute approximate surface area is 451 Å². The van der Waals surface area contributed by atoms with Crippen LogP contribution in [0.4, 0.5) is 0 Å². The van der Waals surface area contributed by atoms with Gasteiger partial charge in [0.05, 0.1) is 44.2 Å². The van der Waals surface area contributed by atoms with Crippen molar-refractivity contribution < 1.29 is 43.3 Å². The number of likely N-dealkylation sites (tertiary alicyclic amines) is 1. The van der Waals surface area contributed by atoms with E-state index in [1.54, 1.807) is 41.4 Å². The average molecular weight is 1050 g/mol. The zero-order valence-electron chi connectivity index (χ0n) is 46.9. The fourth-order valence-corrected chi connectivity index (χ4v) is 10.3. The highest BCUT2D eigenvalue weighted by atomic mass is 16.5. The van der Waals surface area contributed by atoms with Crippen molar-refractivity contribution in [1.82, 2.24) is 35.0 Å². The van der Waals surface area contributed by atoms with E-state index in [4.69, 9.17) is 14.2 Å². The number of benzene rings is 2. The van der Waals surface area contributed by atoms with Crippen molar-refractivity contribution in [2.24, 2.45) is 22.2 Å². The lowest BCUT2D eigenvalue weighted by molar-refractivity contribution is -0.141. The molecule has 0 spiro atoms. The second-order valence-electron chi connectivity index (χ2n) is 21.6. The van der Waals surface area contributed by atoms with Gasteiger partial charge in [-0.25, -0.2) is 5.43 Å². The number of morpholine rings is 1. The third-order valence-electron chi connectivity index (χ3n) is 14.3. The number of aliphatic imine (C=N–C) groups is 1. The normalized spacial score (nSPS) is 19.6. The molecule has 3 saturated heterocycles. The highest BCUT2D eigenvalue weighted by Gasteiger charge is 2.33. The Morgan fingerprint density at radius 2 is 1.79 bits per heavy atom. The van der Waals surface area contributed by atoms with Gasteiger partial charge in [0.25, 0.3) is 18.3 Å². The molecule has 3 amide bonds. The molecule has 1 aromatic heterocycles. The number of amides is 3. The first-order valence-electron chi connectivity index (χ1n) is 26.8. The molecule has 17 nitrogen and oxygen atoms in total. The number of carbonyl (C=O) groups is 5. The van der Waals surface area contributed by atoms with E-state index >= 15 is 0 Å². The molecular formula is C59H84N8O9. The Hall–Kier alpha value is -6.16. The highest BCUT2D eigenvalue weighted by Crippen LogP contribution is 2.38. The van der Waals surface area contributed by atoms with E-state index in [-0.39, 0.29) is 54.4 Å². The molecule has 0 aliphatic carbocycles. The first-order valence-corrected chi connectivity index (χ1v) is 26.8. The molecule has 0 radical (unpaired) electrons. The number of likely N-dealkylation sites (N-methyl/N-ethyl adjacent to an activating group) is 1. The van der Waals surface area contributed by atoms with Gasteiger partial charge in [0.2, 0.25) is 5.91 Å². The molecule has 76 heavy (non-hydrogen) atoms. The van der Waals surface area contributed by atoms with Gasteiger partial charge in [-0.3, -0.25) is 39.0 Å². The molecule has 6 rings (SSSR count). The largest absolute Gasteiger partial charge is 0.508 e. The zero-order valence-corrected chi connectivity index (χ0v) is 46.9. The van der Waals surface area contributed by atoms with Crippen molar-refractivity contribution in [2.75, 3.05) is 73.7 Å². The molecule has 3 aromatic rings. The van der Waals surface area contributed by atoms with Crippen LogP contribution in [0.15, 0.2) is 59.7 Å². The molecular weight excluding hydrogens is 965 g/mol. The fraction of sp³-hybridized carbons (Fsp3) is 0.559. The molecule has 17 heteroatoms. The SMILES string of the molecule is C=CC=N/C(=C/c1c(CC(C)(C)COC=O)c2cc(-c3cc(O)cc(CC(NC(=O)C(C(C)C)N(C)C)C(=O)N4CCCCN4)c3)ccc2n1CC)C(C)OC.CC1COC[C@H](C)N1CC#CC(=O)N1CCC(C=O)C1. The summed E-state index contributed by atoms with van der Waals surface area (Å²) in [6.07, 6.45) is 9.35. The summed E-state index contributed by atoms with van der Waals surface area (Å²) in [5, 5.41) is 16.8. The van der Waals surface area contributed by atoms with Crippen LogP contribution in [-0.4, -0.2) is 170 Å². The Kier molecular flexibility index (Phi) is 23.0. The van der Waals surface area contributed by atoms with Crippen molar-refractivity contribution in [1.29, 1.82) is 0 Å². The van der Waals surface area contributed by atoms with Gasteiger partial charge in [0.1, 0.15) is 18.1 Å². The number of phenolic OH excluding ortho intramolecular Hbond substituents is 1. The maximum atomic E-state index is 14.0. The number of ether oxygens (including phenoxy) is 3. The molecule has 6 atom stereocenters. The summed E-state index contributed by atoms with van der Waals surface area (Å²) in [7, 11) is 5.37. The van der Waals surface area contributed by atoms with E-state index in [1.165, 1.54) is 0 Å². The van der Waals surface area contributed by atoms with Crippen LogP contribution in [0, 0.1) is 29.1 Å². The number of allylic oxidation sites excluding steroid dienone is 1. The lowest BCUT2D eigenvalue weighted by Crippen LogP contribution is -2.58. The summed E-state index contributed by atoms with van der Waals surface area (Å²) in [5.41, 5.74) is 8.91. The molecule has 3 aliphatic rings. The van der Waals surface area contributed by atoms with E-state index < -0.39 is 17.5 Å². The number of fused-ring (bicyclic) bond motifs is 1. The van der Waals surface area contributed by atoms with Crippen molar-refractivity contribution in [3.8, 4) is 28.7 Å². The number of nitrogens with zero attached hydrogens (tertiary/aromatic N) is 6. The van der Waals surface area contributed by atoms with Gasteiger partial charge in [-0.1, -0.05) is 58.4 Å². The van der Waals surface area contributed by atoms with Crippen LogP contribution in [0.1, 0.15) is 91.5 Å². The van der Waals surface area contributed by atoms with Crippen LogP contribution in [0.2, 0.25) is 0 Å². The predicted octanol–water partition coefficient (Wildman–Crippen LogP) is 6.30. The number of phenols is 1. The van der Waals surface area contributed by atoms with Crippen molar-refractivity contribution >= 4 is 53.7 Å². The predicted molar refractivity (Wildman–Crippen MR) is 299 cm³/mol. The minimum atomic E-state index is -0.853. The van der Waals surface area contributed by atoms with Crippen LogP contribution in [-0.2, 0) is 57.6 Å². The summed E-state index contributed by atoms with van der Waals surface area (Å²) in [4.78, 5) is 71.9. The lowest BCUT2D eigenvalue weighted by atomic mass is 9.85. The average Bonchev–Trinajstić information content (AvgIpc) is 4.00. The number of aromatic hydroxyl groups is 1. The molecule has 0 bridgehead atoms. The zero-order chi connectivity index (χ0) is 55.7. The first-order chi connectivity index (χ1) is 36.2. The van der Waals surface area contributed by atoms with Crippen molar-refractivity contribution in [3.05, 3.63) is 71.6 Å². The number of hydrogen-bond donors (Lipinski definition) is 3. The number of rotatable bonds is 21.